The molecule has 136 valence electrons. The average Bonchev–Trinajstić information content (AvgIpc) is 2.60. The molecule has 2 rings (SSSR count). The Morgan fingerprint density at radius 1 is 1.04 bits per heavy atom. The highest BCUT2D eigenvalue weighted by molar-refractivity contribution is 7.90. The number of hydrogen-bond donors (Lipinski definition) is 1. The lowest BCUT2D eigenvalue weighted by Crippen LogP contribution is -2.29. The van der Waals surface area contributed by atoms with Gasteiger partial charge in [0, 0.05) is 6.08 Å². The van der Waals surface area contributed by atoms with Crippen LogP contribution in [0.2, 0.25) is 0 Å². The molecule has 0 spiro atoms. The first-order chi connectivity index (χ1) is 12.3. The molecule has 0 saturated carbocycles. The van der Waals surface area contributed by atoms with Crippen LogP contribution >= 0.6 is 0 Å². The van der Waals surface area contributed by atoms with E-state index in [4.69, 9.17) is 4.74 Å². The van der Waals surface area contributed by atoms with E-state index in [0.29, 0.717) is 5.56 Å². The van der Waals surface area contributed by atoms with Gasteiger partial charge in [0.1, 0.15) is 0 Å². The minimum atomic E-state index is -4.04. The van der Waals surface area contributed by atoms with Crippen LogP contribution in [-0.4, -0.2) is 26.9 Å². The number of hydrogen-bond acceptors (Lipinski definition) is 5. The number of carbonyl (C=O) groups excluding carboxylic acids is 2. The number of rotatable bonds is 6. The highest BCUT2D eigenvalue weighted by Gasteiger charge is 2.19. The van der Waals surface area contributed by atoms with Gasteiger partial charge in [0.05, 0.1) is 17.1 Å². The Bertz CT molecular complexity index is 916. The van der Waals surface area contributed by atoms with Crippen LogP contribution in [0.5, 0.6) is 0 Å². The van der Waals surface area contributed by atoms with Crippen LogP contribution in [0.25, 0.3) is 5.57 Å². The largest absolute Gasteiger partial charge is 0.462 e. The van der Waals surface area contributed by atoms with Gasteiger partial charge in [-0.3, -0.25) is 4.79 Å². The molecule has 0 aliphatic heterocycles. The molecule has 1 amide bonds. The topological polar surface area (TPSA) is 89.5 Å². The molecule has 0 bridgehead atoms. The standard InChI is InChI=1S/C19H19NO5S/c1-3-25-19(22)17(15-7-5-4-6-8-15)13-18(21)20-26(23,24)16-11-9-14(2)10-12-16/h4-13H,3H2,1-2H3,(H,20,21)/b17-13+. The molecule has 6 nitrogen and oxygen atoms in total. The molecule has 0 aromatic heterocycles. The van der Waals surface area contributed by atoms with Gasteiger partial charge in [-0.15, -0.1) is 0 Å². The zero-order valence-electron chi connectivity index (χ0n) is 14.4. The molecule has 0 fully saturated rings. The first-order valence-electron chi connectivity index (χ1n) is 7.91. The summed E-state index contributed by atoms with van der Waals surface area (Å²) < 4.78 is 31.5. The second-order valence-corrected chi connectivity index (χ2v) is 7.11. The van der Waals surface area contributed by atoms with E-state index in [9.17, 15) is 18.0 Å². The highest BCUT2D eigenvalue weighted by Crippen LogP contribution is 2.16. The molecule has 0 aliphatic carbocycles. The maximum absolute atomic E-state index is 12.3. The van der Waals surface area contributed by atoms with Crippen molar-refractivity contribution in [1.82, 2.24) is 4.72 Å². The number of amides is 1. The summed E-state index contributed by atoms with van der Waals surface area (Å²) in [4.78, 5) is 24.3. The van der Waals surface area contributed by atoms with Crippen LogP contribution in [0.1, 0.15) is 18.1 Å². The fourth-order valence-electron chi connectivity index (χ4n) is 2.16. The van der Waals surface area contributed by atoms with Crippen molar-refractivity contribution in [2.45, 2.75) is 18.7 Å². The Labute approximate surface area is 152 Å². The van der Waals surface area contributed by atoms with E-state index < -0.39 is 21.9 Å². The van der Waals surface area contributed by atoms with Gasteiger partial charge in [-0.25, -0.2) is 17.9 Å². The van der Waals surface area contributed by atoms with Crippen LogP contribution in [-0.2, 0) is 24.3 Å². The average molecular weight is 373 g/mol. The van der Waals surface area contributed by atoms with E-state index >= 15 is 0 Å². The van der Waals surface area contributed by atoms with Gasteiger partial charge in [0.2, 0.25) is 0 Å². The predicted octanol–water partition coefficient (Wildman–Crippen LogP) is 2.45. The number of carbonyl (C=O) groups is 2. The molecule has 0 radical (unpaired) electrons. The van der Waals surface area contributed by atoms with E-state index in [1.165, 1.54) is 12.1 Å². The summed E-state index contributed by atoms with van der Waals surface area (Å²) >= 11 is 0. The first kappa shape index (κ1) is 19.4. The minimum Gasteiger partial charge on any atom is -0.462 e. The molecule has 0 heterocycles. The number of esters is 1. The molecular weight excluding hydrogens is 354 g/mol. The van der Waals surface area contributed by atoms with E-state index in [2.05, 4.69) is 0 Å². The van der Waals surface area contributed by atoms with Crippen LogP contribution in [0, 0.1) is 6.92 Å². The lowest BCUT2D eigenvalue weighted by molar-refractivity contribution is -0.136. The van der Waals surface area contributed by atoms with Crippen LogP contribution in [0.4, 0.5) is 0 Å². The molecule has 0 unspecified atom stereocenters. The Hall–Kier alpha value is -2.93. The Balaban J connectivity index is 2.30. The maximum atomic E-state index is 12.3. The van der Waals surface area contributed by atoms with Crippen molar-refractivity contribution in [3.63, 3.8) is 0 Å². The SMILES string of the molecule is CCOC(=O)/C(=C/C(=O)NS(=O)(=O)c1ccc(C)cc1)c1ccccc1. The molecule has 1 N–H and O–H groups in total. The summed E-state index contributed by atoms with van der Waals surface area (Å²) in [6.45, 7) is 3.60. The van der Waals surface area contributed by atoms with Crippen molar-refractivity contribution < 1.29 is 22.7 Å². The van der Waals surface area contributed by atoms with E-state index in [-0.39, 0.29) is 17.1 Å². The molecule has 7 heteroatoms. The van der Waals surface area contributed by atoms with Crippen molar-refractivity contribution in [2.24, 2.45) is 0 Å². The number of benzene rings is 2. The third-order valence-corrected chi connectivity index (χ3v) is 4.78. The lowest BCUT2D eigenvalue weighted by Gasteiger charge is -2.09. The van der Waals surface area contributed by atoms with Gasteiger partial charge in [0.15, 0.2) is 0 Å². The summed E-state index contributed by atoms with van der Waals surface area (Å²) in [5, 5.41) is 0. The Kier molecular flexibility index (Phi) is 6.30. The normalized spacial score (nSPS) is 11.7. The zero-order chi connectivity index (χ0) is 19.2. The molecule has 2 aromatic carbocycles. The van der Waals surface area contributed by atoms with Gasteiger partial charge in [0.25, 0.3) is 15.9 Å². The quantitative estimate of drug-likeness (QED) is 0.620. The second-order valence-electron chi connectivity index (χ2n) is 5.43. The van der Waals surface area contributed by atoms with Gasteiger partial charge in [-0.05, 0) is 31.5 Å². The van der Waals surface area contributed by atoms with Crippen LogP contribution in [0.15, 0.2) is 65.6 Å². The summed E-state index contributed by atoms with van der Waals surface area (Å²) in [5.41, 5.74) is 1.32. The summed E-state index contributed by atoms with van der Waals surface area (Å²) in [7, 11) is -4.04. The molecular formula is C19H19NO5S. The third kappa shape index (κ3) is 5.03. The maximum Gasteiger partial charge on any atom is 0.338 e. The second kappa shape index (κ2) is 8.44. The zero-order valence-corrected chi connectivity index (χ0v) is 15.2. The highest BCUT2D eigenvalue weighted by atomic mass is 32.2. The van der Waals surface area contributed by atoms with Crippen LogP contribution < -0.4 is 4.72 Å². The fourth-order valence-corrected chi connectivity index (χ4v) is 3.09. The Morgan fingerprint density at radius 3 is 2.23 bits per heavy atom. The van der Waals surface area contributed by atoms with Gasteiger partial charge in [-0.1, -0.05) is 48.0 Å². The van der Waals surface area contributed by atoms with Crippen molar-refractivity contribution in [2.75, 3.05) is 6.61 Å². The summed E-state index contributed by atoms with van der Waals surface area (Å²) in [6, 6.07) is 14.5. The minimum absolute atomic E-state index is 0.0240. The first-order valence-corrected chi connectivity index (χ1v) is 9.39. The fraction of sp³-hybridized carbons (Fsp3) is 0.158. The molecule has 26 heavy (non-hydrogen) atoms. The van der Waals surface area contributed by atoms with Gasteiger partial charge >= 0.3 is 5.97 Å². The monoisotopic (exact) mass is 373 g/mol. The van der Waals surface area contributed by atoms with Crippen LogP contribution in [0.3, 0.4) is 0 Å². The molecule has 2 aromatic rings. The molecule has 0 saturated heterocycles. The van der Waals surface area contributed by atoms with E-state index in [0.717, 1.165) is 11.6 Å². The number of ether oxygens (including phenoxy) is 1. The van der Waals surface area contributed by atoms with E-state index in [1.807, 2.05) is 11.6 Å². The van der Waals surface area contributed by atoms with Gasteiger partial charge < -0.3 is 4.74 Å². The van der Waals surface area contributed by atoms with Crippen molar-refractivity contribution in [3.8, 4) is 0 Å². The third-order valence-electron chi connectivity index (χ3n) is 3.42. The number of aryl methyl sites for hydroxylation is 1. The van der Waals surface area contributed by atoms with Crippen molar-refractivity contribution >= 4 is 27.5 Å². The molecule has 0 atom stereocenters. The summed E-state index contributed by atoms with van der Waals surface area (Å²) in [5.74, 6) is -1.64. The number of sulfonamides is 1. The Morgan fingerprint density at radius 2 is 1.65 bits per heavy atom. The predicted molar refractivity (Wildman–Crippen MR) is 97.6 cm³/mol. The van der Waals surface area contributed by atoms with Crippen molar-refractivity contribution in [1.29, 1.82) is 0 Å². The number of nitrogens with one attached hydrogen (secondary N) is 1. The smallest absolute Gasteiger partial charge is 0.338 e. The van der Waals surface area contributed by atoms with Gasteiger partial charge in [-0.2, -0.15) is 0 Å². The van der Waals surface area contributed by atoms with Crippen molar-refractivity contribution in [3.05, 3.63) is 71.8 Å². The summed E-state index contributed by atoms with van der Waals surface area (Å²) in [6.07, 6.45) is 0.930. The lowest BCUT2D eigenvalue weighted by atomic mass is 10.1. The van der Waals surface area contributed by atoms with E-state index in [1.54, 1.807) is 49.4 Å². The molecule has 0 aliphatic rings.